The fourth-order valence-electron chi connectivity index (χ4n) is 2.94. The highest BCUT2D eigenvalue weighted by atomic mass is 32.1. The van der Waals surface area contributed by atoms with E-state index in [1.54, 1.807) is 42.5 Å². The van der Waals surface area contributed by atoms with Gasteiger partial charge in [0.1, 0.15) is 6.54 Å². The molecule has 0 bridgehead atoms. The van der Waals surface area contributed by atoms with Crippen molar-refractivity contribution >= 4 is 34.5 Å². The Morgan fingerprint density at radius 3 is 2.39 bits per heavy atom. The van der Waals surface area contributed by atoms with E-state index < -0.39 is 5.91 Å². The number of thiophene rings is 1. The van der Waals surface area contributed by atoms with Crippen molar-refractivity contribution in [3.8, 4) is 11.3 Å². The van der Waals surface area contributed by atoms with Crippen LogP contribution in [-0.4, -0.2) is 21.6 Å². The first-order chi connectivity index (χ1) is 15.1. The van der Waals surface area contributed by atoms with Crippen LogP contribution >= 0.6 is 11.3 Å². The van der Waals surface area contributed by atoms with E-state index in [-0.39, 0.29) is 18.0 Å². The summed E-state index contributed by atoms with van der Waals surface area (Å²) in [6.07, 6.45) is 0. The molecule has 4 rings (SSSR count). The molecular weight excluding hydrogens is 412 g/mol. The number of carbonyl (C=O) groups excluding carboxylic acids is 2. The van der Waals surface area contributed by atoms with Gasteiger partial charge in [-0.2, -0.15) is 5.10 Å². The predicted molar refractivity (Wildman–Crippen MR) is 121 cm³/mol. The molecule has 2 heterocycles. The Morgan fingerprint density at radius 2 is 1.65 bits per heavy atom. The van der Waals surface area contributed by atoms with Crippen LogP contribution in [0.1, 0.15) is 9.67 Å². The Morgan fingerprint density at radius 1 is 0.871 bits per heavy atom. The van der Waals surface area contributed by atoms with Crippen molar-refractivity contribution in [1.29, 1.82) is 0 Å². The van der Waals surface area contributed by atoms with E-state index in [1.807, 2.05) is 35.7 Å². The zero-order valence-electron chi connectivity index (χ0n) is 16.3. The minimum Gasteiger partial charge on any atom is -0.324 e. The smallest absolute Gasteiger partial charge is 0.267 e. The van der Waals surface area contributed by atoms with Gasteiger partial charge in [0, 0.05) is 23.0 Å². The number of nitrogens with one attached hydrogen (secondary N) is 2. The molecule has 8 heteroatoms. The van der Waals surface area contributed by atoms with Gasteiger partial charge in [0.15, 0.2) is 0 Å². The average molecular weight is 430 g/mol. The molecule has 4 aromatic rings. The summed E-state index contributed by atoms with van der Waals surface area (Å²) in [5.74, 6) is -0.617. The normalized spacial score (nSPS) is 10.5. The number of nitrogens with zero attached hydrogens (tertiary/aromatic N) is 2. The van der Waals surface area contributed by atoms with Gasteiger partial charge in [-0.1, -0.05) is 42.5 Å². The Balaban J connectivity index is 1.44. The monoisotopic (exact) mass is 430 g/mol. The van der Waals surface area contributed by atoms with Crippen LogP contribution in [0, 0.1) is 0 Å². The summed E-state index contributed by atoms with van der Waals surface area (Å²) in [5.41, 5.74) is 2.14. The van der Waals surface area contributed by atoms with Crippen molar-refractivity contribution in [3.63, 3.8) is 0 Å². The lowest BCUT2D eigenvalue weighted by Crippen LogP contribution is -2.29. The van der Waals surface area contributed by atoms with Gasteiger partial charge in [-0.05, 0) is 35.7 Å². The van der Waals surface area contributed by atoms with E-state index in [4.69, 9.17) is 0 Å². The number of anilines is 2. The van der Waals surface area contributed by atoms with Gasteiger partial charge in [0.25, 0.3) is 11.5 Å². The zero-order chi connectivity index (χ0) is 21.6. The predicted octanol–water partition coefficient (Wildman–Crippen LogP) is 3.86. The average Bonchev–Trinajstić information content (AvgIpc) is 3.31. The Bertz CT molecular complexity index is 1270. The van der Waals surface area contributed by atoms with Gasteiger partial charge in [0.05, 0.1) is 10.6 Å². The van der Waals surface area contributed by atoms with Crippen molar-refractivity contribution in [1.82, 2.24) is 9.78 Å². The molecule has 7 nitrogen and oxygen atoms in total. The molecule has 0 aliphatic heterocycles. The molecule has 0 spiro atoms. The number of rotatable bonds is 6. The molecule has 31 heavy (non-hydrogen) atoms. The highest BCUT2D eigenvalue weighted by Gasteiger charge is 2.10. The highest BCUT2D eigenvalue weighted by Crippen LogP contribution is 2.18. The maximum atomic E-state index is 12.5. The second-order valence-electron chi connectivity index (χ2n) is 6.64. The number of carbonyl (C=O) groups is 2. The first-order valence-corrected chi connectivity index (χ1v) is 10.3. The number of hydrogen-bond acceptors (Lipinski definition) is 5. The fraction of sp³-hybridized carbons (Fsp3) is 0.0435. The lowest BCUT2D eigenvalue weighted by atomic mass is 10.1. The minimum atomic E-state index is -0.401. The summed E-state index contributed by atoms with van der Waals surface area (Å²) >= 11 is 1.35. The molecule has 2 aromatic heterocycles. The highest BCUT2D eigenvalue weighted by molar-refractivity contribution is 7.12. The van der Waals surface area contributed by atoms with Crippen molar-refractivity contribution in [2.75, 3.05) is 10.6 Å². The molecule has 0 saturated carbocycles. The first kappa shape index (κ1) is 20.2. The summed E-state index contributed by atoms with van der Waals surface area (Å²) < 4.78 is 1.13. The molecule has 0 unspecified atom stereocenters. The van der Waals surface area contributed by atoms with Crippen LogP contribution < -0.4 is 16.2 Å². The standard InChI is InChI=1S/C23H18N4O3S/c28-21(15-27-22(29)12-11-19(26-27)16-6-2-1-3-7-16)24-17-8-4-9-18(14-17)25-23(30)20-10-5-13-31-20/h1-14H,15H2,(H,24,28)(H,25,30). The molecule has 0 aliphatic carbocycles. The molecule has 0 aliphatic rings. The molecule has 0 radical (unpaired) electrons. The van der Waals surface area contributed by atoms with Gasteiger partial charge < -0.3 is 10.6 Å². The molecule has 2 amide bonds. The maximum Gasteiger partial charge on any atom is 0.267 e. The molecular formula is C23H18N4O3S. The maximum absolute atomic E-state index is 12.5. The van der Waals surface area contributed by atoms with Gasteiger partial charge >= 0.3 is 0 Å². The third-order valence-corrected chi connectivity index (χ3v) is 5.25. The first-order valence-electron chi connectivity index (χ1n) is 9.47. The number of hydrogen-bond donors (Lipinski definition) is 2. The van der Waals surface area contributed by atoms with E-state index in [1.165, 1.54) is 17.4 Å². The summed E-state index contributed by atoms with van der Waals surface area (Å²) in [4.78, 5) is 37.5. The van der Waals surface area contributed by atoms with Crippen LogP contribution in [0.2, 0.25) is 0 Å². The Kier molecular flexibility index (Phi) is 6.00. The van der Waals surface area contributed by atoms with E-state index in [2.05, 4.69) is 15.7 Å². The van der Waals surface area contributed by atoms with Crippen LogP contribution in [0.5, 0.6) is 0 Å². The molecule has 2 N–H and O–H groups in total. The summed E-state index contributed by atoms with van der Waals surface area (Å²) in [6, 6.07) is 22.8. The number of aromatic nitrogens is 2. The van der Waals surface area contributed by atoms with Gasteiger partial charge in [0.2, 0.25) is 5.91 Å². The molecule has 0 fully saturated rings. The van der Waals surface area contributed by atoms with Crippen LogP contribution in [-0.2, 0) is 11.3 Å². The van der Waals surface area contributed by atoms with Crippen LogP contribution in [0.25, 0.3) is 11.3 Å². The van der Waals surface area contributed by atoms with Gasteiger partial charge in [-0.15, -0.1) is 11.3 Å². The summed E-state index contributed by atoms with van der Waals surface area (Å²) in [7, 11) is 0. The quantitative estimate of drug-likeness (QED) is 0.486. The lowest BCUT2D eigenvalue weighted by molar-refractivity contribution is -0.117. The summed E-state index contributed by atoms with van der Waals surface area (Å²) in [6.45, 7) is -0.231. The van der Waals surface area contributed by atoms with E-state index in [0.29, 0.717) is 21.9 Å². The largest absolute Gasteiger partial charge is 0.324 e. The zero-order valence-corrected chi connectivity index (χ0v) is 17.1. The van der Waals surface area contributed by atoms with Gasteiger partial charge in [-0.25, -0.2) is 4.68 Å². The molecule has 0 atom stereocenters. The fourth-order valence-corrected chi connectivity index (χ4v) is 3.56. The SMILES string of the molecule is O=C(Cn1nc(-c2ccccc2)ccc1=O)Nc1cccc(NC(=O)c2cccs2)c1. The van der Waals surface area contributed by atoms with Crippen LogP contribution in [0.4, 0.5) is 11.4 Å². The Hall–Kier alpha value is -4.04. The lowest BCUT2D eigenvalue weighted by Gasteiger charge is -2.10. The Labute approximate surface area is 182 Å². The van der Waals surface area contributed by atoms with E-state index >= 15 is 0 Å². The number of benzene rings is 2. The van der Waals surface area contributed by atoms with Crippen LogP contribution in [0.3, 0.4) is 0 Å². The van der Waals surface area contributed by atoms with E-state index in [9.17, 15) is 14.4 Å². The third kappa shape index (κ3) is 5.12. The van der Waals surface area contributed by atoms with Crippen molar-refractivity contribution in [2.45, 2.75) is 6.54 Å². The molecule has 2 aromatic carbocycles. The minimum absolute atomic E-state index is 0.216. The van der Waals surface area contributed by atoms with Crippen molar-refractivity contribution in [3.05, 3.63) is 99.5 Å². The third-order valence-electron chi connectivity index (χ3n) is 4.38. The van der Waals surface area contributed by atoms with Crippen LogP contribution in [0.15, 0.2) is 89.0 Å². The second-order valence-corrected chi connectivity index (χ2v) is 7.59. The van der Waals surface area contributed by atoms with Crippen molar-refractivity contribution < 1.29 is 9.59 Å². The summed E-state index contributed by atoms with van der Waals surface area (Å²) in [5, 5.41) is 11.7. The second kappa shape index (κ2) is 9.19. The molecule has 154 valence electrons. The van der Waals surface area contributed by atoms with Gasteiger partial charge in [-0.3, -0.25) is 14.4 Å². The topological polar surface area (TPSA) is 93.1 Å². The number of amides is 2. The van der Waals surface area contributed by atoms with E-state index in [0.717, 1.165) is 10.2 Å². The molecule has 0 saturated heterocycles. The van der Waals surface area contributed by atoms with Crippen molar-refractivity contribution in [2.24, 2.45) is 0 Å².